The smallest absolute Gasteiger partial charge is 0.329 e. The second-order valence-electron chi connectivity index (χ2n) is 10.0. The first kappa shape index (κ1) is 28.1. The van der Waals surface area contributed by atoms with E-state index in [1.165, 1.54) is 16.1 Å². The van der Waals surface area contributed by atoms with Crippen LogP contribution in [0.4, 0.5) is 8.78 Å². The molecule has 2 aliphatic rings. The summed E-state index contributed by atoms with van der Waals surface area (Å²) >= 11 is 0. The predicted octanol–water partition coefficient (Wildman–Crippen LogP) is 3.96. The van der Waals surface area contributed by atoms with Crippen LogP contribution in [0.5, 0.6) is 0 Å². The summed E-state index contributed by atoms with van der Waals surface area (Å²) in [7, 11) is -3.85. The van der Waals surface area contributed by atoms with Gasteiger partial charge in [-0.25, -0.2) is 22.0 Å². The number of piperidine rings is 1. The third kappa shape index (κ3) is 5.60. The Morgan fingerprint density at radius 3 is 2.34 bits per heavy atom. The highest BCUT2D eigenvalue weighted by Gasteiger charge is 2.43. The third-order valence-corrected chi connectivity index (χ3v) is 10.0. The van der Waals surface area contributed by atoms with E-state index in [2.05, 4.69) is 0 Å². The van der Waals surface area contributed by atoms with Crippen molar-refractivity contribution in [2.75, 3.05) is 19.7 Å². The number of benzene rings is 2. The van der Waals surface area contributed by atoms with E-state index in [-0.39, 0.29) is 49.5 Å². The van der Waals surface area contributed by atoms with Crippen LogP contribution in [0, 0.1) is 11.6 Å². The van der Waals surface area contributed by atoms with Gasteiger partial charge >= 0.3 is 5.97 Å². The highest BCUT2D eigenvalue weighted by molar-refractivity contribution is 7.89. The second-order valence-corrected chi connectivity index (χ2v) is 12.1. The summed E-state index contributed by atoms with van der Waals surface area (Å²) in [6.45, 7) is 2.49. The van der Waals surface area contributed by atoms with Crippen molar-refractivity contribution < 1.29 is 36.6 Å². The van der Waals surface area contributed by atoms with Crippen LogP contribution in [0.3, 0.4) is 0 Å². The Morgan fingerprint density at radius 1 is 1.08 bits per heavy atom. The van der Waals surface area contributed by atoms with E-state index in [1.807, 2.05) is 0 Å². The average Bonchev–Trinajstić information content (AvgIpc) is 2.87. The van der Waals surface area contributed by atoms with Gasteiger partial charge in [0.05, 0.1) is 0 Å². The van der Waals surface area contributed by atoms with E-state index in [4.69, 9.17) is 9.84 Å². The molecule has 2 saturated heterocycles. The van der Waals surface area contributed by atoms with Gasteiger partial charge < -0.3 is 14.7 Å². The normalized spacial score (nSPS) is 23.2. The molecule has 11 heteroatoms. The number of aliphatic carboxylic acids is 1. The molecule has 0 aliphatic carbocycles. The van der Waals surface area contributed by atoms with Crippen molar-refractivity contribution in [2.24, 2.45) is 0 Å². The first-order valence-corrected chi connectivity index (χ1v) is 14.1. The Kier molecular flexibility index (Phi) is 8.20. The summed E-state index contributed by atoms with van der Waals surface area (Å²) in [4.78, 5) is 24.5. The van der Waals surface area contributed by atoms with E-state index in [0.717, 1.165) is 12.1 Å². The Labute approximate surface area is 221 Å². The first-order valence-electron chi connectivity index (χ1n) is 12.6. The molecule has 2 heterocycles. The summed E-state index contributed by atoms with van der Waals surface area (Å²) in [6.07, 6.45) is 1.18. The van der Waals surface area contributed by atoms with Gasteiger partial charge in [-0.2, -0.15) is 4.31 Å². The van der Waals surface area contributed by atoms with Crippen LogP contribution in [0.2, 0.25) is 0 Å². The number of rotatable bonds is 7. The van der Waals surface area contributed by atoms with Crippen LogP contribution in [0.15, 0.2) is 42.5 Å². The SMILES string of the molecule is CC(=O)N1CCC(OCC(=O)O)(c2cc(F)c(CN3[C@@H](C)CC[C@H](c4ccccc4)S3(=O)=O)cc2F)CC1. The largest absolute Gasteiger partial charge is 0.480 e. The highest BCUT2D eigenvalue weighted by atomic mass is 32.2. The molecule has 2 atom stereocenters. The summed E-state index contributed by atoms with van der Waals surface area (Å²) in [5.74, 6) is -3.06. The number of hydrogen-bond acceptors (Lipinski definition) is 5. The third-order valence-electron chi connectivity index (χ3n) is 7.64. The van der Waals surface area contributed by atoms with E-state index in [1.54, 1.807) is 37.3 Å². The molecule has 4 rings (SSSR count). The van der Waals surface area contributed by atoms with Crippen LogP contribution in [-0.4, -0.2) is 60.3 Å². The van der Waals surface area contributed by atoms with E-state index >= 15 is 8.78 Å². The Hall–Kier alpha value is -2.89. The van der Waals surface area contributed by atoms with Gasteiger partial charge in [-0.3, -0.25) is 4.79 Å². The number of carbonyl (C=O) groups excluding carboxylic acids is 1. The fourth-order valence-corrected chi connectivity index (χ4v) is 7.64. The molecule has 0 spiro atoms. The van der Waals surface area contributed by atoms with E-state index in [0.29, 0.717) is 18.4 Å². The molecule has 1 amide bonds. The van der Waals surface area contributed by atoms with Crippen LogP contribution in [-0.2, 0) is 36.5 Å². The van der Waals surface area contributed by atoms with Crippen molar-refractivity contribution in [1.29, 1.82) is 0 Å². The van der Waals surface area contributed by atoms with Gasteiger partial charge in [0.2, 0.25) is 15.9 Å². The lowest BCUT2D eigenvalue weighted by Gasteiger charge is -2.42. The number of carboxylic acids is 1. The van der Waals surface area contributed by atoms with Crippen molar-refractivity contribution in [2.45, 2.75) is 63.0 Å². The van der Waals surface area contributed by atoms with Gasteiger partial charge in [0.15, 0.2) is 0 Å². The molecule has 206 valence electrons. The number of nitrogens with zero attached hydrogens (tertiary/aromatic N) is 2. The minimum absolute atomic E-state index is 0.0891. The van der Waals surface area contributed by atoms with Crippen LogP contribution in [0.25, 0.3) is 0 Å². The van der Waals surface area contributed by atoms with Gasteiger partial charge in [0.1, 0.15) is 29.1 Å². The van der Waals surface area contributed by atoms with Gasteiger partial charge in [-0.15, -0.1) is 0 Å². The molecule has 2 aromatic rings. The van der Waals surface area contributed by atoms with E-state index < -0.39 is 51.1 Å². The number of amides is 1. The molecule has 0 unspecified atom stereocenters. The molecule has 0 saturated carbocycles. The molecule has 2 aliphatic heterocycles. The topological polar surface area (TPSA) is 104 Å². The number of carboxylic acid groups (broad SMARTS) is 1. The summed E-state index contributed by atoms with van der Waals surface area (Å²) < 4.78 is 65.0. The lowest BCUT2D eigenvalue weighted by atomic mass is 9.83. The Bertz CT molecular complexity index is 1300. The fourth-order valence-electron chi connectivity index (χ4n) is 5.45. The van der Waals surface area contributed by atoms with Crippen LogP contribution < -0.4 is 0 Å². The molecular formula is C27H32F2N2O6S. The minimum Gasteiger partial charge on any atom is -0.480 e. The molecular weight excluding hydrogens is 518 g/mol. The quantitative estimate of drug-likeness (QED) is 0.560. The number of sulfonamides is 1. The predicted molar refractivity (Wildman–Crippen MR) is 135 cm³/mol. The van der Waals surface area contributed by atoms with Crippen molar-refractivity contribution in [3.8, 4) is 0 Å². The number of hydrogen-bond donors (Lipinski definition) is 1. The molecule has 2 aromatic carbocycles. The second kappa shape index (κ2) is 11.1. The zero-order valence-electron chi connectivity index (χ0n) is 21.4. The number of likely N-dealkylation sites (tertiary alicyclic amines) is 1. The lowest BCUT2D eigenvalue weighted by Crippen LogP contribution is -2.47. The lowest BCUT2D eigenvalue weighted by molar-refractivity contribution is -0.158. The zero-order chi connectivity index (χ0) is 27.7. The van der Waals surface area contributed by atoms with Crippen LogP contribution >= 0.6 is 0 Å². The molecule has 8 nitrogen and oxygen atoms in total. The zero-order valence-corrected chi connectivity index (χ0v) is 22.2. The minimum atomic E-state index is -3.85. The maximum atomic E-state index is 15.6. The Morgan fingerprint density at radius 2 is 1.74 bits per heavy atom. The van der Waals surface area contributed by atoms with Crippen molar-refractivity contribution in [3.63, 3.8) is 0 Å². The van der Waals surface area contributed by atoms with Crippen molar-refractivity contribution in [3.05, 3.63) is 70.8 Å². The average molecular weight is 551 g/mol. The summed E-state index contributed by atoms with van der Waals surface area (Å²) in [5.41, 5.74) is -1.04. The number of carbonyl (C=O) groups is 2. The van der Waals surface area contributed by atoms with Gasteiger partial charge in [-0.05, 0) is 50.3 Å². The highest BCUT2D eigenvalue weighted by Crippen LogP contribution is 2.41. The maximum Gasteiger partial charge on any atom is 0.329 e. The molecule has 38 heavy (non-hydrogen) atoms. The standard InChI is InChI=1S/C27H32F2N2O6S/c1-18-8-9-25(20-6-4-3-5-7-20)38(35,36)31(18)16-21-14-24(29)22(15-23(21)28)27(37-17-26(33)34)10-12-30(13-11-27)19(2)32/h3-7,14-15,18,25H,8-13,16-17H2,1-2H3,(H,33,34)/t18-,25+/m0/s1. The maximum absolute atomic E-state index is 15.6. The fraction of sp³-hybridized carbons (Fsp3) is 0.481. The number of halogens is 2. The van der Waals surface area contributed by atoms with Crippen molar-refractivity contribution >= 4 is 21.9 Å². The molecule has 2 fully saturated rings. The van der Waals surface area contributed by atoms with Gasteiger partial charge in [0, 0.05) is 43.7 Å². The monoisotopic (exact) mass is 550 g/mol. The molecule has 0 aromatic heterocycles. The molecule has 0 radical (unpaired) electrons. The van der Waals surface area contributed by atoms with Gasteiger partial charge in [0.25, 0.3) is 0 Å². The molecule has 1 N–H and O–H groups in total. The van der Waals surface area contributed by atoms with Crippen molar-refractivity contribution in [1.82, 2.24) is 9.21 Å². The summed E-state index contributed by atoms with van der Waals surface area (Å²) in [6, 6.07) is 10.4. The van der Waals surface area contributed by atoms with E-state index in [9.17, 15) is 18.0 Å². The molecule has 0 bridgehead atoms. The van der Waals surface area contributed by atoms with Crippen LogP contribution in [0.1, 0.15) is 61.5 Å². The Balaban J connectivity index is 1.64. The summed E-state index contributed by atoms with van der Waals surface area (Å²) in [5, 5.41) is 8.38. The first-order chi connectivity index (χ1) is 17.9. The van der Waals surface area contributed by atoms with Gasteiger partial charge in [-0.1, -0.05) is 30.3 Å². The number of ether oxygens (including phenoxy) is 1.